The van der Waals surface area contributed by atoms with Crippen LogP contribution >= 0.6 is 11.3 Å². The number of thiophene rings is 1. The van der Waals surface area contributed by atoms with Crippen molar-refractivity contribution >= 4 is 17.2 Å². The lowest BCUT2D eigenvalue weighted by molar-refractivity contribution is 0.0938. The van der Waals surface area contributed by atoms with Crippen LogP contribution in [0.2, 0.25) is 0 Å². The number of amides is 1. The maximum atomic E-state index is 12.1. The molecule has 106 valence electrons. The lowest BCUT2D eigenvalue weighted by atomic mass is 10.1. The highest BCUT2D eigenvalue weighted by Gasteiger charge is 2.14. The van der Waals surface area contributed by atoms with Gasteiger partial charge in [0.05, 0.1) is 0 Å². The Balaban J connectivity index is 2.08. The molecule has 0 aliphatic carbocycles. The van der Waals surface area contributed by atoms with E-state index in [-0.39, 0.29) is 23.1 Å². The summed E-state index contributed by atoms with van der Waals surface area (Å²) < 4.78 is 0. The lowest BCUT2D eigenvalue weighted by Crippen LogP contribution is -2.37. The van der Waals surface area contributed by atoms with E-state index in [0.717, 1.165) is 17.7 Å². The van der Waals surface area contributed by atoms with Gasteiger partial charge in [-0.1, -0.05) is 0 Å². The Morgan fingerprint density at radius 1 is 1.45 bits per heavy atom. The molecule has 5 heteroatoms. The Hall–Kier alpha value is -1.88. The topological polar surface area (TPSA) is 62.0 Å². The Morgan fingerprint density at radius 3 is 2.85 bits per heavy atom. The van der Waals surface area contributed by atoms with Gasteiger partial charge in [0, 0.05) is 11.7 Å². The maximum Gasteiger partial charge on any atom is 0.261 e. The van der Waals surface area contributed by atoms with Crippen molar-refractivity contribution in [3.63, 3.8) is 0 Å². The first-order valence-corrected chi connectivity index (χ1v) is 7.44. The van der Waals surface area contributed by atoms with Crippen LogP contribution in [0.25, 0.3) is 0 Å². The second kappa shape index (κ2) is 6.05. The van der Waals surface area contributed by atoms with E-state index < -0.39 is 0 Å². The molecule has 0 aliphatic heterocycles. The Bertz CT molecular complexity index is 659. The first-order valence-electron chi connectivity index (χ1n) is 6.50. The average molecular weight is 290 g/mol. The SMILES string of the molecule is Cc1cc(C(=O)N[C@@H](C)Cc2ccsc2)c(=O)[nH]c1C. The fourth-order valence-electron chi connectivity index (χ4n) is 2.01. The quantitative estimate of drug-likeness (QED) is 0.908. The van der Waals surface area contributed by atoms with Crippen LogP contribution in [0.3, 0.4) is 0 Å². The lowest BCUT2D eigenvalue weighted by Gasteiger charge is -2.13. The number of hydrogen-bond donors (Lipinski definition) is 2. The zero-order valence-electron chi connectivity index (χ0n) is 11.8. The van der Waals surface area contributed by atoms with E-state index in [9.17, 15) is 9.59 Å². The minimum Gasteiger partial charge on any atom is -0.349 e. The van der Waals surface area contributed by atoms with Crippen molar-refractivity contribution < 1.29 is 4.79 Å². The highest BCUT2D eigenvalue weighted by Crippen LogP contribution is 2.09. The van der Waals surface area contributed by atoms with E-state index >= 15 is 0 Å². The number of aromatic amines is 1. The smallest absolute Gasteiger partial charge is 0.261 e. The summed E-state index contributed by atoms with van der Waals surface area (Å²) in [4.78, 5) is 26.6. The molecule has 2 N–H and O–H groups in total. The molecule has 0 bridgehead atoms. The van der Waals surface area contributed by atoms with E-state index in [1.165, 1.54) is 5.56 Å². The standard InChI is InChI=1S/C15H18N2O2S/c1-9-6-13(15(19)17-11(9)3)14(18)16-10(2)7-12-4-5-20-8-12/h4-6,8,10H,7H2,1-3H3,(H,16,18)(H,17,19)/t10-/m0/s1. The fourth-order valence-corrected chi connectivity index (χ4v) is 2.69. The summed E-state index contributed by atoms with van der Waals surface area (Å²) in [5, 5.41) is 6.94. The van der Waals surface area contributed by atoms with Gasteiger partial charge >= 0.3 is 0 Å². The van der Waals surface area contributed by atoms with Gasteiger partial charge < -0.3 is 10.3 Å². The zero-order valence-corrected chi connectivity index (χ0v) is 12.6. The first-order chi connectivity index (χ1) is 9.47. The van der Waals surface area contributed by atoms with Crippen molar-refractivity contribution in [3.8, 4) is 0 Å². The predicted molar refractivity (Wildman–Crippen MR) is 81.5 cm³/mol. The van der Waals surface area contributed by atoms with E-state index in [0.29, 0.717) is 0 Å². The summed E-state index contributed by atoms with van der Waals surface area (Å²) in [6, 6.07) is 3.66. The third kappa shape index (κ3) is 3.36. The summed E-state index contributed by atoms with van der Waals surface area (Å²) >= 11 is 1.64. The van der Waals surface area contributed by atoms with Crippen LogP contribution in [0.15, 0.2) is 27.7 Å². The van der Waals surface area contributed by atoms with Crippen molar-refractivity contribution in [1.82, 2.24) is 10.3 Å². The minimum absolute atomic E-state index is 0.0156. The second-order valence-corrected chi connectivity index (χ2v) is 5.81. The predicted octanol–water partition coefficient (Wildman–Crippen LogP) is 2.41. The van der Waals surface area contributed by atoms with Crippen LogP contribution in [-0.2, 0) is 6.42 Å². The van der Waals surface area contributed by atoms with Crippen LogP contribution in [-0.4, -0.2) is 16.9 Å². The normalized spacial score (nSPS) is 12.2. The molecule has 2 heterocycles. The summed E-state index contributed by atoms with van der Waals surface area (Å²) in [7, 11) is 0. The molecule has 0 saturated heterocycles. The molecule has 2 aromatic rings. The largest absolute Gasteiger partial charge is 0.349 e. The molecule has 0 aliphatic rings. The summed E-state index contributed by atoms with van der Waals surface area (Å²) in [6.07, 6.45) is 0.762. The highest BCUT2D eigenvalue weighted by atomic mass is 32.1. The first kappa shape index (κ1) is 14.5. The van der Waals surface area contributed by atoms with Crippen molar-refractivity contribution in [2.45, 2.75) is 33.2 Å². The summed E-state index contributed by atoms with van der Waals surface area (Å²) in [5.74, 6) is -0.322. The number of nitrogens with one attached hydrogen (secondary N) is 2. The van der Waals surface area contributed by atoms with Crippen molar-refractivity contribution in [2.24, 2.45) is 0 Å². The molecule has 0 spiro atoms. The molecular formula is C15H18N2O2S. The van der Waals surface area contributed by atoms with Crippen LogP contribution in [0.1, 0.15) is 34.1 Å². The van der Waals surface area contributed by atoms with Gasteiger partial charge in [-0.25, -0.2) is 0 Å². The van der Waals surface area contributed by atoms with E-state index in [4.69, 9.17) is 0 Å². The number of carbonyl (C=O) groups excluding carboxylic acids is 1. The van der Waals surface area contributed by atoms with Crippen LogP contribution < -0.4 is 10.9 Å². The molecular weight excluding hydrogens is 272 g/mol. The Morgan fingerprint density at radius 2 is 2.20 bits per heavy atom. The van der Waals surface area contributed by atoms with Crippen molar-refractivity contribution in [2.75, 3.05) is 0 Å². The number of pyridine rings is 1. The zero-order chi connectivity index (χ0) is 14.7. The molecule has 0 radical (unpaired) electrons. The number of hydrogen-bond acceptors (Lipinski definition) is 3. The van der Waals surface area contributed by atoms with Gasteiger partial charge in [0.2, 0.25) is 0 Å². The number of H-pyrrole nitrogens is 1. The highest BCUT2D eigenvalue weighted by molar-refractivity contribution is 7.07. The molecule has 2 aromatic heterocycles. The Kier molecular flexibility index (Phi) is 4.39. The van der Waals surface area contributed by atoms with Gasteiger partial charge in [0.15, 0.2) is 0 Å². The van der Waals surface area contributed by atoms with Crippen LogP contribution in [0.4, 0.5) is 0 Å². The Labute approximate surface area is 121 Å². The van der Waals surface area contributed by atoms with Gasteiger partial charge in [-0.3, -0.25) is 9.59 Å². The van der Waals surface area contributed by atoms with Gasteiger partial charge in [0.25, 0.3) is 11.5 Å². The number of rotatable bonds is 4. The van der Waals surface area contributed by atoms with Gasteiger partial charge in [-0.15, -0.1) is 0 Å². The number of carbonyl (C=O) groups is 1. The maximum absolute atomic E-state index is 12.1. The third-order valence-corrected chi connectivity index (χ3v) is 3.97. The molecule has 1 atom stereocenters. The molecule has 0 aromatic carbocycles. The molecule has 0 fully saturated rings. The van der Waals surface area contributed by atoms with Gasteiger partial charge in [0.1, 0.15) is 5.56 Å². The second-order valence-electron chi connectivity index (χ2n) is 5.03. The summed E-state index contributed by atoms with van der Waals surface area (Å²) in [6.45, 7) is 5.62. The van der Waals surface area contributed by atoms with E-state index in [2.05, 4.69) is 15.7 Å². The molecule has 2 rings (SSSR count). The number of aromatic nitrogens is 1. The van der Waals surface area contributed by atoms with E-state index in [1.54, 1.807) is 17.4 Å². The number of aryl methyl sites for hydroxylation is 2. The molecule has 4 nitrogen and oxygen atoms in total. The van der Waals surface area contributed by atoms with Crippen molar-refractivity contribution in [3.05, 3.63) is 55.6 Å². The fraction of sp³-hybridized carbons (Fsp3) is 0.333. The van der Waals surface area contributed by atoms with Crippen LogP contribution in [0.5, 0.6) is 0 Å². The van der Waals surface area contributed by atoms with Crippen molar-refractivity contribution in [1.29, 1.82) is 0 Å². The van der Waals surface area contributed by atoms with Crippen LogP contribution in [0, 0.1) is 13.8 Å². The summed E-state index contributed by atoms with van der Waals surface area (Å²) in [5.41, 5.74) is 2.72. The molecule has 0 saturated carbocycles. The monoisotopic (exact) mass is 290 g/mol. The average Bonchev–Trinajstić information content (AvgIpc) is 2.86. The third-order valence-electron chi connectivity index (χ3n) is 3.24. The van der Waals surface area contributed by atoms with Gasteiger partial charge in [-0.05, 0) is 61.2 Å². The minimum atomic E-state index is -0.340. The molecule has 1 amide bonds. The molecule has 0 unspecified atom stereocenters. The van der Waals surface area contributed by atoms with E-state index in [1.807, 2.05) is 32.2 Å². The molecule has 20 heavy (non-hydrogen) atoms. The van der Waals surface area contributed by atoms with Gasteiger partial charge in [-0.2, -0.15) is 11.3 Å².